The van der Waals surface area contributed by atoms with E-state index in [-0.39, 0.29) is 49.3 Å². The van der Waals surface area contributed by atoms with E-state index in [9.17, 15) is 14.4 Å². The first-order valence-electron chi connectivity index (χ1n) is 17.7. The smallest absolute Gasteiger partial charge is 0.264 e. The van der Waals surface area contributed by atoms with Crippen LogP contribution < -0.4 is 16.8 Å². The number of rotatable bonds is 16. The summed E-state index contributed by atoms with van der Waals surface area (Å²) in [5, 5.41) is 3.79. The number of ether oxygens (including phenoxy) is 1. The standard InChI is InChI=1S/C41H43ClN6O5/c1-45-34(19-16-26-8-3-2-4-9-26)40(51)48-24-32(52-25-27-14-17-30(42)18-15-27)23-35(48)36(49)22-29(20-28-10-7-11-31(21-28)46-41(43)44)38(50)39-47-33-12-5-6-13-37(33)53-39/h2-15,17-18,21,29,32,34-35,45H,16,19-20,22-25H2,1H3,(H4,43,44,46)/t29-,32-,34-,35+/m1/s1. The summed E-state index contributed by atoms with van der Waals surface area (Å²) in [5.41, 5.74) is 15.5. The zero-order chi connectivity index (χ0) is 37.3. The van der Waals surface area contributed by atoms with Gasteiger partial charge in [0.2, 0.25) is 11.7 Å². The summed E-state index contributed by atoms with van der Waals surface area (Å²) in [5.74, 6) is -1.88. The van der Waals surface area contributed by atoms with E-state index in [1.54, 1.807) is 60.5 Å². The van der Waals surface area contributed by atoms with Gasteiger partial charge in [0.05, 0.1) is 30.5 Å². The van der Waals surface area contributed by atoms with Crippen molar-refractivity contribution in [2.45, 2.75) is 56.9 Å². The molecule has 12 heteroatoms. The summed E-state index contributed by atoms with van der Waals surface area (Å²) in [7, 11) is 1.75. The number of fused-ring (bicyclic) bond motifs is 1. The molecule has 274 valence electrons. The number of para-hydroxylation sites is 2. The fourth-order valence-corrected chi connectivity index (χ4v) is 6.91. The highest BCUT2D eigenvalue weighted by Crippen LogP contribution is 2.29. The topological polar surface area (TPSA) is 166 Å². The van der Waals surface area contributed by atoms with Crippen LogP contribution in [0.25, 0.3) is 11.1 Å². The van der Waals surface area contributed by atoms with Crippen LogP contribution in [0.15, 0.2) is 113 Å². The van der Waals surface area contributed by atoms with Gasteiger partial charge in [0.25, 0.3) is 5.89 Å². The van der Waals surface area contributed by atoms with Crippen molar-refractivity contribution in [3.05, 3.63) is 131 Å². The van der Waals surface area contributed by atoms with Crippen molar-refractivity contribution in [2.24, 2.45) is 22.4 Å². The first-order valence-corrected chi connectivity index (χ1v) is 18.0. The average Bonchev–Trinajstić information content (AvgIpc) is 3.80. The number of halogens is 1. The highest BCUT2D eigenvalue weighted by molar-refractivity contribution is 6.30. The van der Waals surface area contributed by atoms with Crippen LogP contribution in [0.3, 0.4) is 0 Å². The number of guanidine groups is 1. The Morgan fingerprint density at radius 3 is 2.43 bits per heavy atom. The number of nitrogens with one attached hydrogen (secondary N) is 1. The first kappa shape index (κ1) is 37.4. The Balaban J connectivity index is 1.26. The number of ketones is 2. The molecule has 6 rings (SSSR count). The minimum absolute atomic E-state index is 0.0796. The van der Waals surface area contributed by atoms with Crippen LogP contribution in [0.4, 0.5) is 5.69 Å². The average molecular weight is 735 g/mol. The molecule has 5 N–H and O–H groups in total. The lowest BCUT2D eigenvalue weighted by Gasteiger charge is -2.28. The van der Waals surface area contributed by atoms with Gasteiger partial charge in [0.15, 0.2) is 17.3 Å². The number of nitrogens with zero attached hydrogens (tertiary/aromatic N) is 3. The Morgan fingerprint density at radius 2 is 1.70 bits per heavy atom. The van der Waals surface area contributed by atoms with Crippen LogP contribution >= 0.6 is 11.6 Å². The number of benzene rings is 4. The molecule has 0 spiro atoms. The molecular formula is C41H43ClN6O5. The number of aliphatic imine (C=N–C) groups is 1. The van der Waals surface area contributed by atoms with E-state index >= 15 is 0 Å². The van der Waals surface area contributed by atoms with Gasteiger partial charge in [-0.15, -0.1) is 0 Å². The van der Waals surface area contributed by atoms with Gasteiger partial charge in [0, 0.05) is 30.3 Å². The number of amides is 1. The summed E-state index contributed by atoms with van der Waals surface area (Å²) in [4.78, 5) is 53.1. The van der Waals surface area contributed by atoms with Crippen LogP contribution in [0.1, 0.15) is 46.6 Å². The van der Waals surface area contributed by atoms with Gasteiger partial charge in [-0.1, -0.05) is 78.3 Å². The summed E-state index contributed by atoms with van der Waals surface area (Å²) in [6.45, 7) is 0.524. The second kappa shape index (κ2) is 17.4. The van der Waals surface area contributed by atoms with Crippen LogP contribution in [-0.4, -0.2) is 65.1 Å². The van der Waals surface area contributed by atoms with Gasteiger partial charge in [0.1, 0.15) is 5.52 Å². The van der Waals surface area contributed by atoms with Gasteiger partial charge >= 0.3 is 0 Å². The molecular weight excluding hydrogens is 692 g/mol. The molecule has 5 aromatic rings. The Labute approximate surface area is 313 Å². The number of aryl methyl sites for hydroxylation is 1. The Morgan fingerprint density at radius 1 is 0.962 bits per heavy atom. The number of likely N-dealkylation sites (N-methyl/N-ethyl adjacent to an activating group) is 1. The molecule has 0 unspecified atom stereocenters. The molecule has 1 aromatic heterocycles. The number of nitrogens with two attached hydrogens (primary N) is 2. The number of hydrogen-bond acceptors (Lipinski definition) is 8. The number of Topliss-reactive ketones (excluding diaryl/α,β-unsaturated/α-hetero) is 2. The van der Waals surface area contributed by atoms with Crippen molar-refractivity contribution in [3.8, 4) is 0 Å². The quantitative estimate of drug-likeness (QED) is 0.0646. The largest absolute Gasteiger partial charge is 0.434 e. The third kappa shape index (κ3) is 9.75. The summed E-state index contributed by atoms with van der Waals surface area (Å²) >= 11 is 6.08. The number of aromatic nitrogens is 1. The molecule has 53 heavy (non-hydrogen) atoms. The van der Waals surface area contributed by atoms with E-state index < -0.39 is 29.9 Å². The third-order valence-electron chi connectivity index (χ3n) is 9.50. The molecule has 2 heterocycles. The minimum Gasteiger partial charge on any atom is -0.434 e. The van der Waals surface area contributed by atoms with Gasteiger partial charge in [-0.25, -0.2) is 9.98 Å². The van der Waals surface area contributed by atoms with Crippen molar-refractivity contribution >= 4 is 51.8 Å². The zero-order valence-electron chi connectivity index (χ0n) is 29.5. The van der Waals surface area contributed by atoms with Gasteiger partial charge in [-0.3, -0.25) is 14.4 Å². The molecule has 11 nitrogen and oxygen atoms in total. The molecule has 1 fully saturated rings. The van der Waals surface area contributed by atoms with Crippen molar-refractivity contribution in [3.63, 3.8) is 0 Å². The normalized spacial score (nSPS) is 16.7. The van der Waals surface area contributed by atoms with E-state index in [1.807, 2.05) is 54.6 Å². The van der Waals surface area contributed by atoms with Crippen molar-refractivity contribution in [1.29, 1.82) is 0 Å². The first-order chi connectivity index (χ1) is 25.7. The lowest BCUT2D eigenvalue weighted by Crippen LogP contribution is -2.50. The fourth-order valence-electron chi connectivity index (χ4n) is 6.78. The highest BCUT2D eigenvalue weighted by atomic mass is 35.5. The van der Waals surface area contributed by atoms with Gasteiger partial charge in [-0.05, 0) is 79.4 Å². The lowest BCUT2D eigenvalue weighted by molar-refractivity contribution is -0.139. The predicted molar refractivity (Wildman–Crippen MR) is 205 cm³/mol. The van der Waals surface area contributed by atoms with Gasteiger partial charge in [-0.2, -0.15) is 0 Å². The monoisotopic (exact) mass is 734 g/mol. The second-order valence-electron chi connectivity index (χ2n) is 13.3. The summed E-state index contributed by atoms with van der Waals surface area (Å²) < 4.78 is 12.2. The van der Waals surface area contributed by atoms with E-state index in [0.29, 0.717) is 41.3 Å². The lowest BCUT2D eigenvalue weighted by atomic mass is 9.88. The Hall–Kier alpha value is -5.36. The minimum atomic E-state index is -0.853. The van der Waals surface area contributed by atoms with E-state index in [0.717, 1.165) is 16.7 Å². The van der Waals surface area contributed by atoms with Crippen molar-refractivity contribution < 1.29 is 23.5 Å². The van der Waals surface area contributed by atoms with Gasteiger partial charge < -0.3 is 30.8 Å². The maximum atomic E-state index is 14.5. The molecule has 4 aromatic carbocycles. The predicted octanol–water partition coefficient (Wildman–Crippen LogP) is 5.79. The molecule has 0 bridgehead atoms. The molecule has 0 saturated carbocycles. The van der Waals surface area contributed by atoms with Crippen LogP contribution in [0.2, 0.25) is 5.02 Å². The molecule has 1 aliphatic rings. The zero-order valence-corrected chi connectivity index (χ0v) is 30.2. The van der Waals surface area contributed by atoms with Crippen LogP contribution in [0.5, 0.6) is 0 Å². The Bertz CT molecular complexity index is 2030. The third-order valence-corrected chi connectivity index (χ3v) is 9.75. The van der Waals surface area contributed by atoms with Crippen molar-refractivity contribution in [2.75, 3.05) is 13.6 Å². The number of hydrogen-bond donors (Lipinski definition) is 3. The summed E-state index contributed by atoms with van der Waals surface area (Å²) in [6.07, 6.45) is 1.13. The highest BCUT2D eigenvalue weighted by Gasteiger charge is 2.43. The van der Waals surface area contributed by atoms with Crippen LogP contribution in [0, 0.1) is 5.92 Å². The molecule has 1 saturated heterocycles. The number of oxazole rings is 1. The number of carbonyl (C=O) groups is 3. The summed E-state index contributed by atoms with van der Waals surface area (Å²) in [6, 6.07) is 30.2. The number of carbonyl (C=O) groups excluding carboxylic acids is 3. The van der Waals surface area contributed by atoms with E-state index in [4.69, 9.17) is 32.2 Å². The number of likely N-dealkylation sites (tertiary alicyclic amines) is 1. The van der Waals surface area contributed by atoms with Crippen molar-refractivity contribution in [1.82, 2.24) is 15.2 Å². The molecule has 1 aliphatic heterocycles. The molecule has 4 atom stereocenters. The maximum Gasteiger partial charge on any atom is 0.264 e. The SMILES string of the molecule is CN[C@H](CCc1ccccc1)C(=O)N1C[C@H](OCc2ccc(Cl)cc2)C[C@H]1C(=O)C[C@@H](Cc1cccc(N=C(N)N)c1)C(=O)c1nc2ccccc2o1. The maximum absolute atomic E-state index is 14.5. The van der Waals surface area contributed by atoms with Crippen LogP contribution in [-0.2, 0) is 33.8 Å². The van der Waals surface area contributed by atoms with E-state index in [1.165, 1.54) is 0 Å². The molecule has 0 aliphatic carbocycles. The molecule has 0 radical (unpaired) electrons. The molecule has 1 amide bonds. The fraction of sp³-hybridized carbons (Fsp3) is 0.293. The second-order valence-corrected chi connectivity index (χ2v) is 13.7. The van der Waals surface area contributed by atoms with E-state index in [2.05, 4.69) is 15.3 Å². The Kier molecular flexibility index (Phi) is 12.3.